The summed E-state index contributed by atoms with van der Waals surface area (Å²) in [6.07, 6.45) is 0. The number of hydrogen-bond acceptors (Lipinski definition) is 2. The molecule has 0 aliphatic rings. The van der Waals surface area contributed by atoms with Gasteiger partial charge in [0.25, 0.3) is 5.91 Å². The van der Waals surface area contributed by atoms with Crippen molar-refractivity contribution in [2.45, 2.75) is 6.92 Å². The molecule has 0 bridgehead atoms. The Morgan fingerprint density at radius 2 is 2.50 bits per heavy atom. The van der Waals surface area contributed by atoms with E-state index in [9.17, 15) is 4.79 Å². The standard InChI is InChI=1S/C6H7N5O/c1-4-3-5(11(2)9-4)6(12)8-10-7/h3H,1-2H3. The molecule has 0 N–H and O–H groups in total. The maximum absolute atomic E-state index is 11.0. The van der Waals surface area contributed by atoms with Crippen molar-refractivity contribution in [1.29, 1.82) is 0 Å². The molecule has 0 aliphatic heterocycles. The molecule has 62 valence electrons. The molecule has 1 aromatic heterocycles. The van der Waals surface area contributed by atoms with Crippen LogP contribution >= 0.6 is 0 Å². The molecule has 0 spiro atoms. The van der Waals surface area contributed by atoms with Gasteiger partial charge in [-0.1, -0.05) is 0 Å². The van der Waals surface area contributed by atoms with Crippen LogP contribution in [-0.2, 0) is 7.05 Å². The number of amides is 1. The number of carbonyl (C=O) groups is 1. The maximum Gasteiger partial charge on any atom is 0.267 e. The van der Waals surface area contributed by atoms with E-state index in [2.05, 4.69) is 15.1 Å². The number of carbonyl (C=O) groups excluding carboxylic acids is 1. The SMILES string of the molecule is Cc1cc(C(=O)N=[N+]=[N-])n(C)n1. The van der Waals surface area contributed by atoms with Gasteiger partial charge in [0.1, 0.15) is 5.69 Å². The van der Waals surface area contributed by atoms with Crippen LogP contribution in [0, 0.1) is 6.92 Å². The molecule has 0 aliphatic carbocycles. The molecule has 6 heteroatoms. The fourth-order valence-corrected chi connectivity index (χ4v) is 0.903. The Hall–Kier alpha value is -1.81. The normalized spacial score (nSPS) is 9.17. The molecular formula is C6H7N5O. The number of aromatic nitrogens is 2. The number of hydrogen-bond donors (Lipinski definition) is 0. The van der Waals surface area contributed by atoms with Gasteiger partial charge < -0.3 is 0 Å². The van der Waals surface area contributed by atoms with Crippen LogP contribution in [0.4, 0.5) is 0 Å². The van der Waals surface area contributed by atoms with E-state index in [0.29, 0.717) is 11.4 Å². The highest BCUT2D eigenvalue weighted by molar-refractivity contribution is 5.93. The van der Waals surface area contributed by atoms with Crippen molar-refractivity contribution in [3.8, 4) is 0 Å². The van der Waals surface area contributed by atoms with Crippen LogP contribution in [0.5, 0.6) is 0 Å². The monoisotopic (exact) mass is 165 g/mol. The Morgan fingerprint density at radius 1 is 1.83 bits per heavy atom. The van der Waals surface area contributed by atoms with Crippen LogP contribution in [0.15, 0.2) is 11.2 Å². The summed E-state index contributed by atoms with van der Waals surface area (Å²) in [7, 11) is 1.62. The van der Waals surface area contributed by atoms with Crippen LogP contribution in [-0.4, -0.2) is 15.7 Å². The first kappa shape index (κ1) is 8.29. The molecule has 1 aromatic rings. The minimum Gasteiger partial charge on any atom is -0.285 e. The summed E-state index contributed by atoms with van der Waals surface area (Å²) < 4.78 is 1.38. The lowest BCUT2D eigenvalue weighted by molar-refractivity contribution is 0.0991. The van der Waals surface area contributed by atoms with Crippen LogP contribution < -0.4 is 0 Å². The lowest BCUT2D eigenvalue weighted by atomic mass is 10.3. The number of nitrogens with zero attached hydrogens (tertiary/aromatic N) is 5. The lowest BCUT2D eigenvalue weighted by Crippen LogP contribution is -2.03. The zero-order chi connectivity index (χ0) is 9.14. The first-order valence-electron chi connectivity index (χ1n) is 3.25. The molecule has 0 radical (unpaired) electrons. The average molecular weight is 165 g/mol. The van der Waals surface area contributed by atoms with E-state index < -0.39 is 5.91 Å². The number of azide groups is 1. The topological polar surface area (TPSA) is 83.6 Å². The van der Waals surface area contributed by atoms with E-state index >= 15 is 0 Å². The highest BCUT2D eigenvalue weighted by atomic mass is 16.2. The van der Waals surface area contributed by atoms with Gasteiger partial charge in [0.05, 0.1) is 5.69 Å². The Balaban J connectivity index is 3.10. The second-order valence-electron chi connectivity index (χ2n) is 2.29. The molecule has 0 fully saturated rings. The molecule has 0 atom stereocenters. The van der Waals surface area contributed by atoms with Crippen molar-refractivity contribution in [3.63, 3.8) is 0 Å². The lowest BCUT2D eigenvalue weighted by Gasteiger charge is -1.92. The van der Waals surface area contributed by atoms with Gasteiger partial charge in [-0.25, -0.2) is 0 Å². The van der Waals surface area contributed by atoms with Gasteiger partial charge in [0.15, 0.2) is 0 Å². The second-order valence-corrected chi connectivity index (χ2v) is 2.29. The van der Waals surface area contributed by atoms with E-state index in [1.165, 1.54) is 4.68 Å². The summed E-state index contributed by atoms with van der Waals surface area (Å²) >= 11 is 0. The minimum atomic E-state index is -0.611. The fourth-order valence-electron chi connectivity index (χ4n) is 0.903. The molecule has 6 nitrogen and oxygen atoms in total. The third kappa shape index (κ3) is 1.43. The Labute approximate surface area is 68.4 Å². The molecule has 0 unspecified atom stereocenters. The summed E-state index contributed by atoms with van der Waals surface area (Å²) in [5.74, 6) is -0.611. The van der Waals surface area contributed by atoms with Gasteiger partial charge in [0, 0.05) is 12.0 Å². The van der Waals surface area contributed by atoms with Crippen molar-refractivity contribution in [3.05, 3.63) is 27.9 Å². The predicted octanol–water partition coefficient (Wildman–Crippen LogP) is 1.18. The maximum atomic E-state index is 11.0. The first-order chi connectivity index (χ1) is 5.65. The quantitative estimate of drug-likeness (QED) is 0.355. The van der Waals surface area contributed by atoms with Gasteiger partial charge in [-0.05, 0) is 23.6 Å². The highest BCUT2D eigenvalue weighted by Gasteiger charge is 2.08. The molecular weight excluding hydrogens is 158 g/mol. The van der Waals surface area contributed by atoms with E-state index in [1.807, 2.05) is 0 Å². The highest BCUT2D eigenvalue weighted by Crippen LogP contribution is 2.03. The van der Waals surface area contributed by atoms with Crippen LogP contribution in [0.1, 0.15) is 16.2 Å². The molecule has 1 rings (SSSR count). The Bertz CT molecular complexity index is 360. The first-order valence-corrected chi connectivity index (χ1v) is 3.25. The molecule has 0 aromatic carbocycles. The van der Waals surface area contributed by atoms with Crippen LogP contribution in [0.3, 0.4) is 0 Å². The molecule has 1 heterocycles. The van der Waals surface area contributed by atoms with Crippen molar-refractivity contribution < 1.29 is 4.79 Å². The van der Waals surface area contributed by atoms with E-state index in [0.717, 1.165) is 0 Å². The summed E-state index contributed by atoms with van der Waals surface area (Å²) in [6.45, 7) is 1.76. The second kappa shape index (κ2) is 3.06. The average Bonchev–Trinajstić information content (AvgIpc) is 2.30. The summed E-state index contributed by atoms with van der Waals surface area (Å²) in [5, 5.41) is 6.88. The van der Waals surface area contributed by atoms with E-state index in [1.54, 1.807) is 20.0 Å². The van der Waals surface area contributed by atoms with Gasteiger partial charge in [0.2, 0.25) is 0 Å². The number of rotatable bonds is 1. The summed E-state index contributed by atoms with van der Waals surface area (Å²) in [6, 6.07) is 1.57. The predicted molar refractivity (Wildman–Crippen MR) is 41.4 cm³/mol. The van der Waals surface area contributed by atoms with Gasteiger partial charge >= 0.3 is 0 Å². The fraction of sp³-hybridized carbons (Fsp3) is 0.333. The minimum absolute atomic E-state index is 0.297. The Morgan fingerprint density at radius 3 is 2.92 bits per heavy atom. The summed E-state index contributed by atoms with van der Waals surface area (Å²) in [4.78, 5) is 13.4. The van der Waals surface area contributed by atoms with Crippen LogP contribution in [0.25, 0.3) is 10.4 Å². The molecule has 0 saturated carbocycles. The molecule has 0 saturated heterocycles. The molecule has 12 heavy (non-hydrogen) atoms. The Kier molecular flexibility index (Phi) is 2.11. The van der Waals surface area contributed by atoms with E-state index in [4.69, 9.17) is 5.53 Å². The number of aryl methyl sites for hydroxylation is 2. The summed E-state index contributed by atoms with van der Waals surface area (Å²) in [5.41, 5.74) is 9.02. The smallest absolute Gasteiger partial charge is 0.267 e. The van der Waals surface area contributed by atoms with Crippen molar-refractivity contribution in [1.82, 2.24) is 9.78 Å². The van der Waals surface area contributed by atoms with E-state index in [-0.39, 0.29) is 0 Å². The van der Waals surface area contributed by atoms with Gasteiger partial charge in [-0.3, -0.25) is 9.48 Å². The van der Waals surface area contributed by atoms with Gasteiger partial charge in [-0.15, -0.1) is 0 Å². The van der Waals surface area contributed by atoms with Crippen molar-refractivity contribution in [2.24, 2.45) is 12.2 Å². The van der Waals surface area contributed by atoms with Gasteiger partial charge in [-0.2, -0.15) is 5.10 Å². The largest absolute Gasteiger partial charge is 0.285 e. The zero-order valence-electron chi connectivity index (χ0n) is 6.72. The van der Waals surface area contributed by atoms with Crippen molar-refractivity contribution >= 4 is 5.91 Å². The van der Waals surface area contributed by atoms with Crippen molar-refractivity contribution in [2.75, 3.05) is 0 Å². The third-order valence-electron chi connectivity index (χ3n) is 1.36. The van der Waals surface area contributed by atoms with Crippen LogP contribution in [0.2, 0.25) is 0 Å². The zero-order valence-corrected chi connectivity index (χ0v) is 6.72. The third-order valence-corrected chi connectivity index (χ3v) is 1.36. The molecule has 1 amide bonds.